The summed E-state index contributed by atoms with van der Waals surface area (Å²) in [5, 5.41) is 10.7. The van der Waals surface area contributed by atoms with Crippen LogP contribution < -0.4 is 4.74 Å². The Balaban J connectivity index is 1.55. The molecule has 3 rings (SSSR count). The first-order chi connectivity index (χ1) is 11.6. The molecule has 5 nitrogen and oxygen atoms in total. The number of rotatable bonds is 5. The molecule has 1 amide bonds. The number of ether oxygens (including phenoxy) is 1. The highest BCUT2D eigenvalue weighted by atomic mass is 16.5. The van der Waals surface area contributed by atoms with E-state index in [0.29, 0.717) is 19.5 Å². The van der Waals surface area contributed by atoms with E-state index in [1.165, 1.54) is 0 Å². The second kappa shape index (κ2) is 7.01. The molecule has 1 aliphatic heterocycles. The van der Waals surface area contributed by atoms with Gasteiger partial charge >= 0.3 is 0 Å². The Hall–Kier alpha value is -2.40. The number of pyridine rings is 1. The van der Waals surface area contributed by atoms with Gasteiger partial charge in [-0.15, -0.1) is 0 Å². The van der Waals surface area contributed by atoms with E-state index < -0.39 is 5.60 Å². The highest BCUT2D eigenvalue weighted by Crippen LogP contribution is 2.25. The minimum absolute atomic E-state index is 0.0134. The number of aryl methyl sites for hydroxylation is 1. The van der Waals surface area contributed by atoms with Gasteiger partial charge < -0.3 is 14.7 Å². The zero-order valence-electron chi connectivity index (χ0n) is 13.8. The van der Waals surface area contributed by atoms with E-state index >= 15 is 0 Å². The van der Waals surface area contributed by atoms with Crippen LogP contribution in [0.4, 0.5) is 0 Å². The lowest BCUT2D eigenvalue weighted by Gasteiger charge is -2.24. The van der Waals surface area contributed by atoms with Gasteiger partial charge in [-0.1, -0.05) is 24.3 Å². The molecule has 24 heavy (non-hydrogen) atoms. The summed E-state index contributed by atoms with van der Waals surface area (Å²) in [6.07, 6.45) is 2.46. The summed E-state index contributed by atoms with van der Waals surface area (Å²) in [5.41, 5.74) is 0.776. The fourth-order valence-electron chi connectivity index (χ4n) is 2.89. The van der Waals surface area contributed by atoms with Gasteiger partial charge in [0, 0.05) is 18.4 Å². The summed E-state index contributed by atoms with van der Waals surface area (Å²) in [7, 11) is 0. The predicted octanol–water partition coefficient (Wildman–Crippen LogP) is 1.97. The largest absolute Gasteiger partial charge is 0.490 e. The van der Waals surface area contributed by atoms with Gasteiger partial charge in [0.25, 0.3) is 0 Å². The Labute approximate surface area is 141 Å². The Morgan fingerprint density at radius 3 is 2.83 bits per heavy atom. The van der Waals surface area contributed by atoms with Crippen molar-refractivity contribution in [2.24, 2.45) is 0 Å². The Morgan fingerprint density at radius 1 is 1.29 bits per heavy atom. The topological polar surface area (TPSA) is 62.7 Å². The molecule has 2 aromatic rings. The van der Waals surface area contributed by atoms with Crippen molar-refractivity contribution in [1.29, 1.82) is 0 Å². The van der Waals surface area contributed by atoms with Crippen LogP contribution in [0.2, 0.25) is 0 Å². The van der Waals surface area contributed by atoms with Crippen LogP contribution in [0.25, 0.3) is 0 Å². The Morgan fingerprint density at radius 2 is 2.08 bits per heavy atom. The number of likely N-dealkylation sites (tertiary alicyclic amines) is 1. The molecule has 1 aromatic carbocycles. The van der Waals surface area contributed by atoms with Crippen molar-refractivity contribution in [2.75, 3.05) is 19.7 Å². The number of hydrogen-bond donors (Lipinski definition) is 1. The van der Waals surface area contributed by atoms with E-state index in [1.807, 2.05) is 49.4 Å². The van der Waals surface area contributed by atoms with E-state index in [-0.39, 0.29) is 18.9 Å². The maximum absolute atomic E-state index is 12.4. The van der Waals surface area contributed by atoms with Gasteiger partial charge in [0.1, 0.15) is 18.0 Å². The molecule has 1 saturated heterocycles. The molecule has 5 heteroatoms. The quantitative estimate of drug-likeness (QED) is 0.912. The molecule has 0 saturated carbocycles. The molecule has 1 fully saturated rings. The second-order valence-electron chi connectivity index (χ2n) is 6.34. The lowest BCUT2D eigenvalue weighted by atomic mass is 10.1. The van der Waals surface area contributed by atoms with E-state index in [1.54, 1.807) is 11.1 Å². The zero-order chi connectivity index (χ0) is 17.0. The van der Waals surface area contributed by atoms with E-state index in [4.69, 9.17) is 4.74 Å². The number of aliphatic hydroxyl groups is 1. The smallest absolute Gasteiger partial charge is 0.228 e. The average Bonchev–Trinajstić information content (AvgIpc) is 2.98. The molecule has 126 valence electrons. The highest BCUT2D eigenvalue weighted by molar-refractivity contribution is 5.78. The molecule has 1 N–H and O–H groups in total. The first kappa shape index (κ1) is 16.5. The fraction of sp³-hybridized carbons (Fsp3) is 0.368. The van der Waals surface area contributed by atoms with Gasteiger partial charge in [0.15, 0.2) is 0 Å². The van der Waals surface area contributed by atoms with Crippen molar-refractivity contribution in [2.45, 2.75) is 25.4 Å². The van der Waals surface area contributed by atoms with Crippen LogP contribution in [-0.4, -0.2) is 46.2 Å². The molecule has 2 heterocycles. The first-order valence-electron chi connectivity index (χ1n) is 8.14. The third-order valence-corrected chi connectivity index (χ3v) is 4.33. The minimum atomic E-state index is -0.998. The molecule has 0 aliphatic carbocycles. The van der Waals surface area contributed by atoms with Crippen molar-refractivity contribution in [3.05, 3.63) is 59.9 Å². The summed E-state index contributed by atoms with van der Waals surface area (Å²) in [4.78, 5) is 18.2. The summed E-state index contributed by atoms with van der Waals surface area (Å²) in [5.74, 6) is 0.754. The van der Waals surface area contributed by atoms with Crippen molar-refractivity contribution in [3.8, 4) is 5.75 Å². The molecular weight excluding hydrogens is 304 g/mol. The SMILES string of the molecule is Cc1ccccc1OCC1(O)CCN(C(=O)Cc2ccccn2)C1. The number of aromatic nitrogens is 1. The number of β-amino-alcohol motifs (C(OH)–C–C–N with tert-alkyl or cyclic N) is 1. The highest BCUT2D eigenvalue weighted by Gasteiger charge is 2.39. The summed E-state index contributed by atoms with van der Waals surface area (Å²) >= 11 is 0. The number of carbonyl (C=O) groups excluding carboxylic acids is 1. The monoisotopic (exact) mass is 326 g/mol. The van der Waals surface area contributed by atoms with Crippen molar-refractivity contribution < 1.29 is 14.6 Å². The van der Waals surface area contributed by atoms with Crippen molar-refractivity contribution >= 4 is 5.91 Å². The average molecular weight is 326 g/mol. The maximum atomic E-state index is 12.4. The number of benzene rings is 1. The zero-order valence-corrected chi connectivity index (χ0v) is 13.8. The fourth-order valence-corrected chi connectivity index (χ4v) is 2.89. The van der Waals surface area contributed by atoms with Gasteiger partial charge in [-0.05, 0) is 37.1 Å². The van der Waals surface area contributed by atoms with Gasteiger partial charge in [-0.3, -0.25) is 9.78 Å². The normalized spacial score (nSPS) is 20.2. The first-order valence-corrected chi connectivity index (χ1v) is 8.14. The molecule has 1 atom stereocenters. The van der Waals surface area contributed by atoms with E-state index in [9.17, 15) is 9.90 Å². The molecule has 1 unspecified atom stereocenters. The van der Waals surface area contributed by atoms with Crippen LogP contribution >= 0.6 is 0 Å². The van der Waals surface area contributed by atoms with Crippen LogP contribution in [0.3, 0.4) is 0 Å². The Kier molecular flexibility index (Phi) is 4.81. The molecular formula is C19H22N2O3. The third kappa shape index (κ3) is 3.92. The molecule has 1 aliphatic rings. The van der Waals surface area contributed by atoms with Gasteiger partial charge in [0.05, 0.1) is 13.0 Å². The standard InChI is InChI=1S/C19H22N2O3/c1-15-6-2-3-8-17(15)24-14-19(23)9-11-21(13-19)18(22)12-16-7-4-5-10-20-16/h2-8,10,23H,9,11-14H2,1H3. The summed E-state index contributed by atoms with van der Waals surface area (Å²) in [6.45, 7) is 2.99. The summed E-state index contributed by atoms with van der Waals surface area (Å²) < 4.78 is 5.77. The predicted molar refractivity (Wildman–Crippen MR) is 90.8 cm³/mol. The van der Waals surface area contributed by atoms with Gasteiger partial charge in [0.2, 0.25) is 5.91 Å². The molecule has 0 radical (unpaired) electrons. The summed E-state index contributed by atoms with van der Waals surface area (Å²) in [6, 6.07) is 13.2. The number of nitrogens with zero attached hydrogens (tertiary/aromatic N) is 2. The van der Waals surface area contributed by atoms with Gasteiger partial charge in [-0.2, -0.15) is 0 Å². The van der Waals surface area contributed by atoms with E-state index in [0.717, 1.165) is 17.0 Å². The molecule has 1 aromatic heterocycles. The maximum Gasteiger partial charge on any atom is 0.228 e. The van der Waals surface area contributed by atoms with Crippen molar-refractivity contribution in [1.82, 2.24) is 9.88 Å². The number of para-hydroxylation sites is 1. The van der Waals surface area contributed by atoms with E-state index in [2.05, 4.69) is 4.98 Å². The number of carbonyl (C=O) groups is 1. The number of amides is 1. The van der Waals surface area contributed by atoms with Crippen molar-refractivity contribution in [3.63, 3.8) is 0 Å². The lowest BCUT2D eigenvalue weighted by molar-refractivity contribution is -0.130. The Bertz CT molecular complexity index is 705. The van der Waals surface area contributed by atoms with Gasteiger partial charge in [-0.25, -0.2) is 0 Å². The lowest BCUT2D eigenvalue weighted by Crippen LogP contribution is -2.41. The second-order valence-corrected chi connectivity index (χ2v) is 6.34. The van der Waals surface area contributed by atoms with Crippen LogP contribution in [-0.2, 0) is 11.2 Å². The molecule has 0 spiro atoms. The van der Waals surface area contributed by atoms with Crippen LogP contribution in [0.1, 0.15) is 17.7 Å². The number of hydrogen-bond acceptors (Lipinski definition) is 4. The van der Waals surface area contributed by atoms with Crippen LogP contribution in [0.15, 0.2) is 48.7 Å². The van der Waals surface area contributed by atoms with Crippen LogP contribution in [0, 0.1) is 6.92 Å². The third-order valence-electron chi connectivity index (χ3n) is 4.33. The minimum Gasteiger partial charge on any atom is -0.490 e. The van der Waals surface area contributed by atoms with Crippen LogP contribution in [0.5, 0.6) is 5.75 Å². The molecule has 0 bridgehead atoms.